The minimum absolute atomic E-state index is 0.478. The number of hydrogen-bond donors (Lipinski definition) is 1. The predicted molar refractivity (Wildman–Crippen MR) is 85.7 cm³/mol. The fourth-order valence-corrected chi connectivity index (χ4v) is 2.37. The van der Waals surface area contributed by atoms with E-state index in [2.05, 4.69) is 6.58 Å². The zero-order chi connectivity index (χ0) is 16.0. The highest BCUT2D eigenvalue weighted by Gasteiger charge is 2.37. The normalized spacial score (nSPS) is 14.7. The molecule has 3 heteroatoms. The molecule has 3 nitrogen and oxygen atoms in total. The average molecular weight is 288 g/mol. The van der Waals surface area contributed by atoms with E-state index in [1.807, 2.05) is 51.1 Å². The minimum Gasteiger partial charge on any atom is -0.497 e. The Labute approximate surface area is 127 Å². The number of allylic oxidation sites excluding steroid dienone is 3. The second-order valence-corrected chi connectivity index (χ2v) is 5.62. The maximum Gasteiger partial charge on any atom is 0.308 e. The van der Waals surface area contributed by atoms with Crippen LogP contribution in [-0.4, -0.2) is 18.2 Å². The Hall–Kier alpha value is -2.03. The Morgan fingerprint density at radius 1 is 1.38 bits per heavy atom. The van der Waals surface area contributed by atoms with Gasteiger partial charge < -0.3 is 9.84 Å². The lowest BCUT2D eigenvalue weighted by Crippen LogP contribution is -2.35. The molecule has 0 aromatic heterocycles. The van der Waals surface area contributed by atoms with E-state index in [1.165, 1.54) is 0 Å². The quantitative estimate of drug-likeness (QED) is 0.765. The highest BCUT2D eigenvalue weighted by atomic mass is 16.5. The number of carboxylic acid groups (broad SMARTS) is 1. The summed E-state index contributed by atoms with van der Waals surface area (Å²) >= 11 is 0. The Balaban J connectivity index is 3.22. The molecule has 0 spiro atoms. The number of rotatable bonds is 7. The fourth-order valence-electron chi connectivity index (χ4n) is 2.37. The number of ether oxygens (including phenoxy) is 1. The molecule has 0 heterocycles. The molecule has 0 aliphatic rings. The molecule has 0 aliphatic carbocycles. The third-order valence-electron chi connectivity index (χ3n) is 3.92. The lowest BCUT2D eigenvalue weighted by molar-refractivity contribution is -0.143. The van der Waals surface area contributed by atoms with E-state index in [0.29, 0.717) is 6.42 Å². The van der Waals surface area contributed by atoms with Gasteiger partial charge in [0.15, 0.2) is 0 Å². The summed E-state index contributed by atoms with van der Waals surface area (Å²) in [6, 6.07) is 7.49. The second-order valence-electron chi connectivity index (χ2n) is 5.62. The van der Waals surface area contributed by atoms with E-state index in [-0.39, 0.29) is 0 Å². The van der Waals surface area contributed by atoms with Gasteiger partial charge >= 0.3 is 5.97 Å². The van der Waals surface area contributed by atoms with Gasteiger partial charge in [0, 0.05) is 5.41 Å². The van der Waals surface area contributed by atoms with Crippen LogP contribution in [0, 0.1) is 5.92 Å². The number of hydrogen-bond acceptors (Lipinski definition) is 2. The summed E-state index contributed by atoms with van der Waals surface area (Å²) in [5.74, 6) is -0.620. The van der Waals surface area contributed by atoms with E-state index in [0.717, 1.165) is 16.9 Å². The van der Waals surface area contributed by atoms with Crippen molar-refractivity contribution in [2.45, 2.75) is 32.6 Å². The Morgan fingerprint density at radius 2 is 1.95 bits per heavy atom. The van der Waals surface area contributed by atoms with Crippen LogP contribution in [0.3, 0.4) is 0 Å². The molecule has 1 aromatic carbocycles. The van der Waals surface area contributed by atoms with Crippen LogP contribution in [-0.2, 0) is 10.2 Å². The molecule has 21 heavy (non-hydrogen) atoms. The maximum atomic E-state index is 11.7. The first-order valence-corrected chi connectivity index (χ1v) is 6.99. The summed E-state index contributed by atoms with van der Waals surface area (Å²) in [6.45, 7) is 9.72. The first-order valence-electron chi connectivity index (χ1n) is 6.99. The van der Waals surface area contributed by atoms with Gasteiger partial charge in [-0.15, -0.1) is 6.58 Å². The van der Waals surface area contributed by atoms with Crippen LogP contribution in [0.5, 0.6) is 5.75 Å². The van der Waals surface area contributed by atoms with Gasteiger partial charge in [-0.25, -0.2) is 0 Å². The molecule has 0 bridgehead atoms. The smallest absolute Gasteiger partial charge is 0.308 e. The minimum atomic E-state index is -0.814. The zero-order valence-corrected chi connectivity index (χ0v) is 13.2. The lowest BCUT2D eigenvalue weighted by atomic mass is 9.70. The maximum absolute atomic E-state index is 11.7. The fraction of sp³-hybridized carbons (Fsp3) is 0.389. The Morgan fingerprint density at radius 3 is 2.33 bits per heavy atom. The van der Waals surface area contributed by atoms with Crippen LogP contribution in [0.1, 0.15) is 32.8 Å². The van der Waals surface area contributed by atoms with Gasteiger partial charge in [-0.3, -0.25) is 4.79 Å². The van der Waals surface area contributed by atoms with Gasteiger partial charge in [0.2, 0.25) is 0 Å². The van der Waals surface area contributed by atoms with E-state index < -0.39 is 17.3 Å². The van der Waals surface area contributed by atoms with Crippen molar-refractivity contribution in [3.8, 4) is 5.75 Å². The van der Waals surface area contributed by atoms with E-state index in [9.17, 15) is 9.90 Å². The molecule has 0 saturated carbocycles. The van der Waals surface area contributed by atoms with Crippen molar-refractivity contribution in [3.05, 3.63) is 54.1 Å². The van der Waals surface area contributed by atoms with Crippen LogP contribution in [0.15, 0.2) is 48.6 Å². The summed E-state index contributed by atoms with van der Waals surface area (Å²) < 4.78 is 5.15. The number of benzene rings is 1. The number of methoxy groups -OCH3 is 1. The van der Waals surface area contributed by atoms with Crippen molar-refractivity contribution in [1.29, 1.82) is 0 Å². The van der Waals surface area contributed by atoms with Crippen molar-refractivity contribution in [2.24, 2.45) is 5.92 Å². The van der Waals surface area contributed by atoms with Gasteiger partial charge in [-0.1, -0.05) is 36.8 Å². The molecular formula is C18H24O3. The van der Waals surface area contributed by atoms with Crippen molar-refractivity contribution >= 4 is 5.97 Å². The molecule has 0 amide bonds. The molecule has 1 N–H and O–H groups in total. The van der Waals surface area contributed by atoms with Gasteiger partial charge in [0.25, 0.3) is 0 Å². The summed E-state index contributed by atoms with van der Waals surface area (Å²) in [5, 5.41) is 9.61. The molecule has 114 valence electrons. The topological polar surface area (TPSA) is 46.5 Å². The monoisotopic (exact) mass is 288 g/mol. The standard InChI is InChI=1S/C18H24O3/c1-6-18(4,14-8-10-15(21-5)11-9-14)16(17(19)20)12-7-13(2)3/h6-11,16H,1,12H2,2-5H3,(H,19,20). The van der Waals surface area contributed by atoms with Crippen molar-refractivity contribution in [2.75, 3.05) is 7.11 Å². The summed E-state index contributed by atoms with van der Waals surface area (Å²) in [6.07, 6.45) is 4.17. The number of aliphatic carboxylic acids is 1. The molecule has 1 rings (SSSR count). The molecular weight excluding hydrogens is 264 g/mol. The third-order valence-corrected chi connectivity index (χ3v) is 3.92. The van der Waals surface area contributed by atoms with Crippen molar-refractivity contribution < 1.29 is 14.6 Å². The molecule has 1 aromatic rings. The van der Waals surface area contributed by atoms with Crippen LogP contribution in [0.2, 0.25) is 0 Å². The third kappa shape index (κ3) is 3.97. The molecule has 0 fully saturated rings. The van der Waals surface area contributed by atoms with Crippen LogP contribution < -0.4 is 4.74 Å². The van der Waals surface area contributed by atoms with E-state index in [4.69, 9.17) is 4.74 Å². The van der Waals surface area contributed by atoms with Gasteiger partial charge in [0.1, 0.15) is 5.75 Å². The highest BCUT2D eigenvalue weighted by Crippen LogP contribution is 2.37. The van der Waals surface area contributed by atoms with Gasteiger partial charge in [-0.2, -0.15) is 0 Å². The van der Waals surface area contributed by atoms with E-state index in [1.54, 1.807) is 13.2 Å². The summed E-state index contributed by atoms with van der Waals surface area (Å²) in [4.78, 5) is 11.7. The summed E-state index contributed by atoms with van der Waals surface area (Å²) in [5.41, 5.74) is 1.40. The number of carbonyl (C=O) groups is 1. The van der Waals surface area contributed by atoms with Crippen LogP contribution >= 0.6 is 0 Å². The largest absolute Gasteiger partial charge is 0.497 e. The average Bonchev–Trinajstić information content (AvgIpc) is 2.46. The predicted octanol–water partition coefficient (Wildman–Crippen LogP) is 4.20. The Kier molecular flexibility index (Phi) is 5.77. The molecule has 0 aliphatic heterocycles. The van der Waals surface area contributed by atoms with Crippen LogP contribution in [0.4, 0.5) is 0 Å². The highest BCUT2D eigenvalue weighted by molar-refractivity contribution is 5.73. The first-order chi connectivity index (χ1) is 9.85. The molecule has 0 radical (unpaired) electrons. The zero-order valence-electron chi connectivity index (χ0n) is 13.2. The van der Waals surface area contributed by atoms with Crippen molar-refractivity contribution in [3.63, 3.8) is 0 Å². The Bertz CT molecular complexity index is 524. The lowest BCUT2D eigenvalue weighted by Gasteiger charge is -2.32. The molecule has 0 saturated heterocycles. The number of carboxylic acids is 1. The SMILES string of the molecule is C=CC(C)(c1ccc(OC)cc1)C(CC=C(C)C)C(=O)O. The molecule has 2 unspecified atom stereocenters. The molecule has 2 atom stereocenters. The van der Waals surface area contributed by atoms with E-state index >= 15 is 0 Å². The first kappa shape index (κ1) is 17.0. The summed E-state index contributed by atoms with van der Waals surface area (Å²) in [7, 11) is 1.61. The van der Waals surface area contributed by atoms with Gasteiger partial charge in [0.05, 0.1) is 13.0 Å². The van der Waals surface area contributed by atoms with Crippen molar-refractivity contribution in [1.82, 2.24) is 0 Å². The van der Waals surface area contributed by atoms with Gasteiger partial charge in [-0.05, 0) is 38.0 Å². The van der Waals surface area contributed by atoms with Crippen LogP contribution in [0.25, 0.3) is 0 Å². The second kappa shape index (κ2) is 7.11.